The van der Waals surface area contributed by atoms with Crippen LogP contribution in [0.1, 0.15) is 18.9 Å². The van der Waals surface area contributed by atoms with Crippen molar-refractivity contribution in [2.45, 2.75) is 26.4 Å². The van der Waals surface area contributed by atoms with Crippen molar-refractivity contribution in [3.8, 4) is 5.75 Å². The lowest BCUT2D eigenvalue weighted by molar-refractivity contribution is -0.122. The maximum atomic E-state index is 12.6. The maximum absolute atomic E-state index is 12.6. The molecule has 1 aromatic rings. The highest BCUT2D eigenvalue weighted by Gasteiger charge is 2.33. The topological polar surface area (TPSA) is 41.6 Å². The van der Waals surface area contributed by atoms with Crippen molar-refractivity contribution in [3.63, 3.8) is 0 Å². The summed E-state index contributed by atoms with van der Waals surface area (Å²) in [5, 5.41) is 3.26. The first-order valence-corrected chi connectivity index (χ1v) is 6.94. The normalized spacial score (nSPS) is 25.9. The van der Waals surface area contributed by atoms with Crippen LogP contribution in [0.15, 0.2) is 18.2 Å². The van der Waals surface area contributed by atoms with Gasteiger partial charge in [0.25, 0.3) is 0 Å². The van der Waals surface area contributed by atoms with Gasteiger partial charge >= 0.3 is 0 Å². The fourth-order valence-corrected chi connectivity index (χ4v) is 2.84. The summed E-state index contributed by atoms with van der Waals surface area (Å²) in [5.74, 6) is 1.17. The average molecular weight is 260 g/mol. The molecule has 0 aliphatic carbocycles. The van der Waals surface area contributed by atoms with Crippen LogP contribution < -0.4 is 15.0 Å². The summed E-state index contributed by atoms with van der Waals surface area (Å²) >= 11 is 0. The molecule has 1 aromatic carbocycles. The van der Waals surface area contributed by atoms with Gasteiger partial charge in [0.05, 0.1) is 18.2 Å². The number of amides is 1. The number of hydrogen-bond acceptors (Lipinski definition) is 3. The summed E-state index contributed by atoms with van der Waals surface area (Å²) in [5.41, 5.74) is 2.07. The lowest BCUT2D eigenvalue weighted by Gasteiger charge is -2.35. The number of hydrogen-bond donors (Lipinski definition) is 1. The molecule has 3 rings (SSSR count). The number of nitrogens with zero attached hydrogens (tertiary/aromatic N) is 1. The summed E-state index contributed by atoms with van der Waals surface area (Å²) in [6.45, 7) is 6.43. The Morgan fingerprint density at radius 1 is 1.47 bits per heavy atom. The van der Waals surface area contributed by atoms with Crippen molar-refractivity contribution in [1.29, 1.82) is 0 Å². The Morgan fingerprint density at radius 2 is 2.32 bits per heavy atom. The number of nitrogens with one attached hydrogen (secondary N) is 1. The highest BCUT2D eigenvalue weighted by atomic mass is 16.5. The number of aryl methyl sites for hydroxylation is 1. The minimum atomic E-state index is 0.0487. The van der Waals surface area contributed by atoms with Crippen molar-refractivity contribution in [1.82, 2.24) is 5.32 Å². The van der Waals surface area contributed by atoms with Crippen LogP contribution >= 0.6 is 0 Å². The third kappa shape index (κ3) is 2.32. The van der Waals surface area contributed by atoms with Gasteiger partial charge in [-0.15, -0.1) is 0 Å². The number of carbonyl (C=O) groups excluding carboxylic acids is 1. The lowest BCUT2D eigenvalue weighted by Crippen LogP contribution is -2.45. The SMILES string of the molecule is Cc1ccc2c(c1)O[C@H](C)CN2C(=O)[C@H]1CCNC1. The first kappa shape index (κ1) is 12.5. The number of rotatable bonds is 1. The van der Waals surface area contributed by atoms with Crippen LogP contribution in [0.4, 0.5) is 5.69 Å². The minimum Gasteiger partial charge on any atom is -0.487 e. The molecular formula is C15H20N2O2. The van der Waals surface area contributed by atoms with Gasteiger partial charge in [0.1, 0.15) is 11.9 Å². The van der Waals surface area contributed by atoms with E-state index in [-0.39, 0.29) is 17.9 Å². The van der Waals surface area contributed by atoms with Crippen molar-refractivity contribution in [3.05, 3.63) is 23.8 Å². The van der Waals surface area contributed by atoms with E-state index >= 15 is 0 Å². The molecule has 4 heteroatoms. The zero-order valence-corrected chi connectivity index (χ0v) is 11.5. The van der Waals surface area contributed by atoms with Crippen LogP contribution in [0.3, 0.4) is 0 Å². The summed E-state index contributed by atoms with van der Waals surface area (Å²) in [6, 6.07) is 6.04. The number of carbonyl (C=O) groups is 1. The zero-order valence-electron chi connectivity index (χ0n) is 11.5. The van der Waals surface area contributed by atoms with Crippen molar-refractivity contribution >= 4 is 11.6 Å². The molecule has 102 valence electrons. The maximum Gasteiger partial charge on any atom is 0.231 e. The average Bonchev–Trinajstić information content (AvgIpc) is 2.90. The Labute approximate surface area is 113 Å². The van der Waals surface area contributed by atoms with Crippen LogP contribution in [-0.4, -0.2) is 31.6 Å². The minimum absolute atomic E-state index is 0.0487. The highest BCUT2D eigenvalue weighted by molar-refractivity contribution is 5.97. The molecule has 2 aliphatic heterocycles. The summed E-state index contributed by atoms with van der Waals surface area (Å²) < 4.78 is 5.85. The van der Waals surface area contributed by atoms with Gasteiger partial charge in [0.2, 0.25) is 5.91 Å². The van der Waals surface area contributed by atoms with E-state index in [1.807, 2.05) is 36.9 Å². The van der Waals surface area contributed by atoms with E-state index in [4.69, 9.17) is 4.74 Å². The summed E-state index contributed by atoms with van der Waals surface area (Å²) in [4.78, 5) is 14.5. The van der Waals surface area contributed by atoms with Gasteiger partial charge in [0.15, 0.2) is 0 Å². The van der Waals surface area contributed by atoms with Gasteiger partial charge in [-0.05, 0) is 44.5 Å². The Hall–Kier alpha value is -1.55. The molecular weight excluding hydrogens is 240 g/mol. The standard InChI is InChI=1S/C15H20N2O2/c1-10-3-4-13-14(7-10)19-11(2)9-17(13)15(18)12-5-6-16-8-12/h3-4,7,11-12,16H,5-6,8-9H2,1-2H3/t11-,12+/m1/s1. The molecule has 19 heavy (non-hydrogen) atoms. The van der Waals surface area contributed by atoms with E-state index in [0.717, 1.165) is 36.5 Å². The third-order valence-corrected chi connectivity index (χ3v) is 3.85. The summed E-state index contributed by atoms with van der Waals surface area (Å²) in [6.07, 6.45) is 0.985. The Morgan fingerprint density at radius 3 is 3.05 bits per heavy atom. The molecule has 2 aliphatic rings. The van der Waals surface area contributed by atoms with E-state index in [2.05, 4.69) is 5.32 Å². The van der Waals surface area contributed by atoms with Crippen molar-refractivity contribution in [2.75, 3.05) is 24.5 Å². The first-order valence-electron chi connectivity index (χ1n) is 6.94. The first-order chi connectivity index (χ1) is 9.15. The van der Waals surface area contributed by atoms with Crippen LogP contribution in [0.5, 0.6) is 5.75 Å². The second kappa shape index (κ2) is 4.85. The van der Waals surface area contributed by atoms with Gasteiger partial charge in [0, 0.05) is 6.54 Å². The molecule has 1 saturated heterocycles. The van der Waals surface area contributed by atoms with Crippen molar-refractivity contribution in [2.24, 2.45) is 5.92 Å². The number of fused-ring (bicyclic) bond motifs is 1. The zero-order chi connectivity index (χ0) is 13.4. The Kier molecular flexibility index (Phi) is 3.19. The predicted molar refractivity (Wildman–Crippen MR) is 74.6 cm³/mol. The predicted octanol–water partition coefficient (Wildman–Crippen LogP) is 1.72. The molecule has 0 bridgehead atoms. The number of ether oxygens (including phenoxy) is 1. The van der Waals surface area contributed by atoms with Gasteiger partial charge in [-0.2, -0.15) is 0 Å². The molecule has 0 unspecified atom stereocenters. The fourth-order valence-electron chi connectivity index (χ4n) is 2.84. The monoisotopic (exact) mass is 260 g/mol. The molecule has 4 nitrogen and oxygen atoms in total. The van der Waals surface area contributed by atoms with Crippen LogP contribution in [0.25, 0.3) is 0 Å². The number of benzene rings is 1. The second-order valence-electron chi connectivity index (χ2n) is 5.54. The van der Waals surface area contributed by atoms with Crippen LogP contribution in [0.2, 0.25) is 0 Å². The molecule has 1 N–H and O–H groups in total. The molecule has 1 amide bonds. The van der Waals surface area contributed by atoms with Gasteiger partial charge in [-0.3, -0.25) is 4.79 Å². The van der Waals surface area contributed by atoms with E-state index < -0.39 is 0 Å². The number of anilines is 1. The molecule has 2 atom stereocenters. The van der Waals surface area contributed by atoms with Gasteiger partial charge in [-0.1, -0.05) is 6.07 Å². The molecule has 0 spiro atoms. The van der Waals surface area contributed by atoms with E-state index in [1.54, 1.807) is 0 Å². The van der Waals surface area contributed by atoms with Crippen LogP contribution in [0, 0.1) is 12.8 Å². The Bertz CT molecular complexity index is 495. The van der Waals surface area contributed by atoms with Crippen LogP contribution in [-0.2, 0) is 4.79 Å². The second-order valence-corrected chi connectivity index (χ2v) is 5.54. The Balaban J connectivity index is 1.92. The summed E-state index contributed by atoms with van der Waals surface area (Å²) in [7, 11) is 0. The van der Waals surface area contributed by atoms with Gasteiger partial charge in [-0.25, -0.2) is 0 Å². The molecule has 1 fully saturated rings. The molecule has 2 heterocycles. The van der Waals surface area contributed by atoms with Crippen molar-refractivity contribution < 1.29 is 9.53 Å². The van der Waals surface area contributed by atoms with E-state index in [1.165, 1.54) is 0 Å². The molecule has 0 aromatic heterocycles. The highest BCUT2D eigenvalue weighted by Crippen LogP contribution is 2.35. The smallest absolute Gasteiger partial charge is 0.231 e. The quantitative estimate of drug-likeness (QED) is 0.836. The van der Waals surface area contributed by atoms with E-state index in [0.29, 0.717) is 6.54 Å². The lowest BCUT2D eigenvalue weighted by atomic mass is 10.0. The van der Waals surface area contributed by atoms with Gasteiger partial charge < -0.3 is 15.0 Å². The molecule has 0 saturated carbocycles. The third-order valence-electron chi connectivity index (χ3n) is 3.85. The van der Waals surface area contributed by atoms with E-state index in [9.17, 15) is 4.79 Å². The molecule has 0 radical (unpaired) electrons. The fraction of sp³-hybridized carbons (Fsp3) is 0.533. The largest absolute Gasteiger partial charge is 0.487 e.